The summed E-state index contributed by atoms with van der Waals surface area (Å²) in [6, 6.07) is 8.43. The smallest absolute Gasteiger partial charge is 0.262 e. The van der Waals surface area contributed by atoms with Gasteiger partial charge in [-0.2, -0.15) is 5.10 Å². The van der Waals surface area contributed by atoms with Gasteiger partial charge in [0.15, 0.2) is 5.65 Å². The average Bonchev–Trinajstić information content (AvgIpc) is 3.19. The Morgan fingerprint density at radius 1 is 1.23 bits per heavy atom. The van der Waals surface area contributed by atoms with Gasteiger partial charge in [-0.25, -0.2) is 9.67 Å². The van der Waals surface area contributed by atoms with Crippen molar-refractivity contribution in [2.45, 2.75) is 51.3 Å². The third kappa shape index (κ3) is 3.97. The number of aromatic amines is 1. The van der Waals surface area contributed by atoms with Crippen molar-refractivity contribution in [3.63, 3.8) is 0 Å². The van der Waals surface area contributed by atoms with E-state index in [1.165, 1.54) is 5.56 Å². The third-order valence-corrected chi connectivity index (χ3v) is 6.36. The van der Waals surface area contributed by atoms with E-state index in [9.17, 15) is 4.79 Å². The molecule has 0 amide bonds. The monoisotopic (exact) mass is 423 g/mol. The van der Waals surface area contributed by atoms with E-state index in [1.807, 2.05) is 16.8 Å². The molecule has 1 unspecified atom stereocenters. The minimum Gasteiger partial charge on any atom is -0.488 e. The number of hydrogen-bond acceptors (Lipinski definition) is 6. The second-order valence-electron chi connectivity index (χ2n) is 8.55. The van der Waals surface area contributed by atoms with Gasteiger partial charge in [0.25, 0.3) is 5.56 Å². The van der Waals surface area contributed by atoms with Gasteiger partial charge in [-0.15, -0.1) is 0 Å². The molecule has 164 valence electrons. The summed E-state index contributed by atoms with van der Waals surface area (Å²) in [7, 11) is 0. The molecule has 0 saturated carbocycles. The van der Waals surface area contributed by atoms with Crippen LogP contribution in [0.3, 0.4) is 0 Å². The number of benzene rings is 1. The number of aromatic nitrogens is 4. The van der Waals surface area contributed by atoms with Crippen LogP contribution in [0, 0.1) is 6.92 Å². The molecule has 4 heterocycles. The minimum absolute atomic E-state index is 0.0491. The molecule has 2 fully saturated rings. The van der Waals surface area contributed by atoms with Crippen molar-refractivity contribution in [2.75, 3.05) is 26.3 Å². The van der Waals surface area contributed by atoms with E-state index >= 15 is 0 Å². The molecule has 2 aliphatic rings. The normalized spacial score (nSPS) is 19.4. The molecule has 0 aliphatic carbocycles. The van der Waals surface area contributed by atoms with Gasteiger partial charge in [0.05, 0.1) is 18.3 Å². The first-order chi connectivity index (χ1) is 15.1. The number of rotatable bonds is 6. The first kappa shape index (κ1) is 20.2. The van der Waals surface area contributed by atoms with Gasteiger partial charge in [0.1, 0.15) is 23.1 Å². The fourth-order valence-electron chi connectivity index (χ4n) is 4.54. The molecule has 1 atom stereocenters. The zero-order valence-electron chi connectivity index (χ0n) is 18.1. The van der Waals surface area contributed by atoms with Crippen LogP contribution in [0.4, 0.5) is 0 Å². The predicted octanol–water partition coefficient (Wildman–Crippen LogP) is 2.99. The molecule has 1 aromatic carbocycles. The lowest BCUT2D eigenvalue weighted by Crippen LogP contribution is -2.55. The van der Waals surface area contributed by atoms with Crippen molar-refractivity contribution in [3.05, 3.63) is 52.2 Å². The van der Waals surface area contributed by atoms with E-state index in [-0.39, 0.29) is 23.7 Å². The Morgan fingerprint density at radius 2 is 1.97 bits per heavy atom. The summed E-state index contributed by atoms with van der Waals surface area (Å²) in [6.07, 6.45) is 4.43. The summed E-state index contributed by atoms with van der Waals surface area (Å²) < 4.78 is 13.5. The topological polar surface area (TPSA) is 85.3 Å². The summed E-state index contributed by atoms with van der Waals surface area (Å²) >= 11 is 0. The summed E-state index contributed by atoms with van der Waals surface area (Å²) in [5.74, 6) is 1.61. The fraction of sp³-hybridized carbons (Fsp3) is 0.522. The number of nitrogens with one attached hydrogen (secondary N) is 1. The summed E-state index contributed by atoms with van der Waals surface area (Å²) in [5.41, 5.74) is 1.78. The van der Waals surface area contributed by atoms with E-state index in [1.54, 1.807) is 6.20 Å². The van der Waals surface area contributed by atoms with Crippen LogP contribution in [-0.4, -0.2) is 57.1 Å². The first-order valence-corrected chi connectivity index (χ1v) is 11.1. The van der Waals surface area contributed by atoms with Gasteiger partial charge in [-0.05, 0) is 38.3 Å². The molecule has 2 saturated heterocycles. The van der Waals surface area contributed by atoms with Crippen LogP contribution in [0.1, 0.15) is 49.7 Å². The lowest BCUT2D eigenvalue weighted by Gasteiger charge is -2.43. The highest BCUT2D eigenvalue weighted by molar-refractivity contribution is 5.73. The summed E-state index contributed by atoms with van der Waals surface area (Å²) in [5, 5.41) is 5.05. The van der Waals surface area contributed by atoms with Crippen LogP contribution in [0.15, 0.2) is 35.3 Å². The lowest BCUT2D eigenvalue weighted by molar-refractivity contribution is -0.0134. The first-order valence-electron chi connectivity index (χ1n) is 11.1. The Morgan fingerprint density at radius 3 is 2.68 bits per heavy atom. The Kier molecular flexibility index (Phi) is 5.50. The summed E-state index contributed by atoms with van der Waals surface area (Å²) in [4.78, 5) is 23.0. The number of ether oxygens (including phenoxy) is 2. The van der Waals surface area contributed by atoms with Gasteiger partial charge in [0.2, 0.25) is 0 Å². The third-order valence-electron chi connectivity index (χ3n) is 6.36. The largest absolute Gasteiger partial charge is 0.488 e. The van der Waals surface area contributed by atoms with Gasteiger partial charge < -0.3 is 14.5 Å². The lowest BCUT2D eigenvalue weighted by atomic mass is 10.0. The zero-order chi connectivity index (χ0) is 21.4. The van der Waals surface area contributed by atoms with Crippen molar-refractivity contribution < 1.29 is 9.47 Å². The van der Waals surface area contributed by atoms with Gasteiger partial charge in [-0.1, -0.05) is 24.6 Å². The highest BCUT2D eigenvalue weighted by Gasteiger charge is 2.35. The maximum atomic E-state index is 12.8. The van der Waals surface area contributed by atoms with E-state index in [2.05, 4.69) is 41.0 Å². The molecule has 31 heavy (non-hydrogen) atoms. The SMILES string of the molecule is CCC(c1nc2c(cnn2C2CCOCC2)c(=O)[nH]1)N1CC(Oc2ccc(C)cc2)C1. The van der Waals surface area contributed by atoms with Crippen molar-refractivity contribution in [1.29, 1.82) is 0 Å². The maximum absolute atomic E-state index is 12.8. The fourth-order valence-corrected chi connectivity index (χ4v) is 4.54. The molecule has 0 spiro atoms. The van der Waals surface area contributed by atoms with Crippen LogP contribution in [0.25, 0.3) is 11.0 Å². The number of likely N-dealkylation sites (tertiary alicyclic amines) is 1. The molecule has 8 nitrogen and oxygen atoms in total. The van der Waals surface area contributed by atoms with Gasteiger partial charge in [-0.3, -0.25) is 9.69 Å². The Hall–Kier alpha value is -2.71. The highest BCUT2D eigenvalue weighted by atomic mass is 16.5. The Labute approximate surface area is 181 Å². The Balaban J connectivity index is 1.34. The standard InChI is InChI=1S/C23H29N5O3/c1-3-20(27-13-18(14-27)31-17-6-4-15(2)5-7-17)21-25-22-19(23(29)26-21)12-24-28(22)16-8-10-30-11-9-16/h4-7,12,16,18,20H,3,8-11,13-14H2,1-2H3,(H,25,26,29). The van der Waals surface area contributed by atoms with Crippen molar-refractivity contribution in [2.24, 2.45) is 0 Å². The molecule has 2 aliphatic heterocycles. The van der Waals surface area contributed by atoms with E-state index < -0.39 is 0 Å². The van der Waals surface area contributed by atoms with Gasteiger partial charge in [0, 0.05) is 26.3 Å². The quantitative estimate of drug-likeness (QED) is 0.656. The van der Waals surface area contributed by atoms with Crippen LogP contribution in [0.2, 0.25) is 0 Å². The highest BCUT2D eigenvalue weighted by Crippen LogP contribution is 2.30. The Bertz CT molecular complexity index is 1090. The average molecular weight is 424 g/mol. The predicted molar refractivity (Wildman–Crippen MR) is 117 cm³/mol. The molecule has 1 N–H and O–H groups in total. The summed E-state index contributed by atoms with van der Waals surface area (Å²) in [6.45, 7) is 7.25. The molecular weight excluding hydrogens is 394 g/mol. The number of hydrogen-bond donors (Lipinski definition) is 1. The van der Waals surface area contributed by atoms with E-state index in [4.69, 9.17) is 14.5 Å². The number of nitrogens with zero attached hydrogens (tertiary/aromatic N) is 4. The van der Waals surface area contributed by atoms with Crippen LogP contribution >= 0.6 is 0 Å². The van der Waals surface area contributed by atoms with Crippen molar-refractivity contribution in [1.82, 2.24) is 24.6 Å². The molecule has 0 radical (unpaired) electrons. The molecule has 2 aromatic heterocycles. The number of fused-ring (bicyclic) bond motifs is 1. The van der Waals surface area contributed by atoms with E-state index in [0.717, 1.165) is 51.3 Å². The van der Waals surface area contributed by atoms with Gasteiger partial charge >= 0.3 is 0 Å². The second kappa shape index (κ2) is 8.43. The maximum Gasteiger partial charge on any atom is 0.262 e. The second-order valence-corrected chi connectivity index (χ2v) is 8.55. The molecule has 5 rings (SSSR count). The van der Waals surface area contributed by atoms with Crippen molar-refractivity contribution in [3.8, 4) is 5.75 Å². The number of aryl methyl sites for hydroxylation is 1. The van der Waals surface area contributed by atoms with Crippen molar-refractivity contribution >= 4 is 11.0 Å². The zero-order valence-corrected chi connectivity index (χ0v) is 18.1. The molecule has 8 heteroatoms. The minimum atomic E-state index is -0.121. The molecular formula is C23H29N5O3. The number of H-pyrrole nitrogens is 1. The molecule has 3 aromatic rings. The van der Waals surface area contributed by atoms with Crippen LogP contribution in [0.5, 0.6) is 5.75 Å². The van der Waals surface area contributed by atoms with E-state index in [0.29, 0.717) is 16.9 Å². The molecule has 0 bridgehead atoms. The van der Waals surface area contributed by atoms with Crippen LogP contribution in [-0.2, 0) is 4.74 Å². The van der Waals surface area contributed by atoms with Crippen LogP contribution < -0.4 is 10.3 Å².